The fraction of sp³-hybridized carbons (Fsp3) is 0.318. The quantitative estimate of drug-likeness (QED) is 0.612. The van der Waals surface area contributed by atoms with Crippen molar-refractivity contribution < 1.29 is 9.59 Å². The van der Waals surface area contributed by atoms with Gasteiger partial charge in [0.25, 0.3) is 0 Å². The van der Waals surface area contributed by atoms with Crippen molar-refractivity contribution in [1.29, 1.82) is 0 Å². The van der Waals surface area contributed by atoms with Crippen molar-refractivity contribution in [2.45, 2.75) is 37.0 Å². The average molecular weight is 409 g/mol. The Hall–Kier alpha value is -2.80. The Balaban J connectivity index is 1.35. The summed E-state index contributed by atoms with van der Waals surface area (Å²) in [4.78, 5) is 35.0. The third kappa shape index (κ3) is 4.45. The van der Waals surface area contributed by atoms with Crippen LogP contribution in [0.4, 0.5) is 0 Å². The number of carbonyl (C=O) groups is 2. The van der Waals surface area contributed by atoms with Crippen molar-refractivity contribution in [1.82, 2.24) is 20.2 Å². The Labute approximate surface area is 174 Å². The molecule has 2 amide bonds. The number of benzene rings is 2. The Bertz CT molecular complexity index is 971. The van der Waals surface area contributed by atoms with Crippen molar-refractivity contribution in [3.05, 3.63) is 60.2 Å². The van der Waals surface area contributed by atoms with Crippen LogP contribution in [0.25, 0.3) is 11.0 Å². The summed E-state index contributed by atoms with van der Waals surface area (Å²) >= 11 is 1.38. The van der Waals surface area contributed by atoms with Crippen LogP contribution in [0.5, 0.6) is 0 Å². The number of hydrogen-bond acceptors (Lipinski definition) is 4. The number of aromatic nitrogens is 2. The highest BCUT2D eigenvalue weighted by Gasteiger charge is 2.34. The summed E-state index contributed by atoms with van der Waals surface area (Å²) in [5.41, 5.74) is 2.89. The van der Waals surface area contributed by atoms with E-state index in [1.807, 2.05) is 61.5 Å². The minimum absolute atomic E-state index is 0.0273. The Kier molecular flexibility index (Phi) is 5.85. The van der Waals surface area contributed by atoms with Crippen LogP contribution >= 0.6 is 11.8 Å². The van der Waals surface area contributed by atoms with E-state index in [0.29, 0.717) is 13.0 Å². The molecule has 150 valence electrons. The van der Waals surface area contributed by atoms with Gasteiger partial charge in [-0.15, -0.1) is 0 Å². The lowest BCUT2D eigenvalue weighted by molar-refractivity contribution is -0.136. The van der Waals surface area contributed by atoms with Gasteiger partial charge in [-0.1, -0.05) is 54.2 Å². The number of aromatic amines is 1. The largest absolute Gasteiger partial charge is 0.348 e. The summed E-state index contributed by atoms with van der Waals surface area (Å²) < 4.78 is 0. The van der Waals surface area contributed by atoms with Crippen molar-refractivity contribution in [3.8, 4) is 0 Å². The van der Waals surface area contributed by atoms with E-state index in [2.05, 4.69) is 15.3 Å². The first kappa shape index (κ1) is 19.5. The minimum Gasteiger partial charge on any atom is -0.348 e. The van der Waals surface area contributed by atoms with Crippen molar-refractivity contribution in [2.24, 2.45) is 0 Å². The van der Waals surface area contributed by atoms with Gasteiger partial charge < -0.3 is 15.2 Å². The molecule has 0 aliphatic carbocycles. The first-order valence-corrected chi connectivity index (χ1v) is 10.8. The molecule has 0 unspecified atom stereocenters. The van der Waals surface area contributed by atoms with Crippen LogP contribution < -0.4 is 5.32 Å². The smallest absolute Gasteiger partial charge is 0.243 e. The molecule has 2 aromatic carbocycles. The number of nitrogens with one attached hydrogen (secondary N) is 2. The van der Waals surface area contributed by atoms with E-state index in [1.54, 1.807) is 4.90 Å². The molecule has 0 radical (unpaired) electrons. The number of fused-ring (bicyclic) bond motifs is 1. The second-order valence-electron chi connectivity index (χ2n) is 7.23. The molecule has 4 rings (SSSR count). The number of nitrogens with zero attached hydrogens (tertiary/aromatic N) is 2. The van der Waals surface area contributed by atoms with Gasteiger partial charge in [-0.25, -0.2) is 4.98 Å². The van der Waals surface area contributed by atoms with Crippen molar-refractivity contribution >= 4 is 34.6 Å². The highest BCUT2D eigenvalue weighted by molar-refractivity contribution is 7.99. The van der Waals surface area contributed by atoms with E-state index >= 15 is 0 Å². The molecule has 0 saturated carbocycles. The van der Waals surface area contributed by atoms with Crippen LogP contribution in [-0.2, 0) is 9.59 Å². The Morgan fingerprint density at radius 3 is 2.76 bits per heavy atom. The van der Waals surface area contributed by atoms with E-state index in [0.717, 1.165) is 28.2 Å². The van der Waals surface area contributed by atoms with E-state index in [-0.39, 0.29) is 23.6 Å². The third-order valence-electron chi connectivity index (χ3n) is 5.23. The summed E-state index contributed by atoms with van der Waals surface area (Å²) in [6, 6.07) is 17.1. The maximum Gasteiger partial charge on any atom is 0.243 e. The zero-order valence-corrected chi connectivity index (χ0v) is 17.1. The van der Waals surface area contributed by atoms with E-state index in [9.17, 15) is 9.59 Å². The lowest BCUT2D eigenvalue weighted by atomic mass is 10.1. The Morgan fingerprint density at radius 1 is 1.21 bits per heavy atom. The van der Waals surface area contributed by atoms with Gasteiger partial charge in [-0.3, -0.25) is 9.59 Å². The molecule has 1 aromatic heterocycles. The summed E-state index contributed by atoms with van der Waals surface area (Å²) in [7, 11) is 0. The first-order chi connectivity index (χ1) is 14.1. The predicted octanol–water partition coefficient (Wildman–Crippen LogP) is 3.52. The highest BCUT2D eigenvalue weighted by Crippen LogP contribution is 2.23. The monoisotopic (exact) mass is 408 g/mol. The number of thioether (sulfide) groups is 1. The number of carbonyl (C=O) groups excluding carboxylic acids is 2. The molecule has 1 fully saturated rings. The van der Waals surface area contributed by atoms with Gasteiger partial charge in [0.1, 0.15) is 6.04 Å². The van der Waals surface area contributed by atoms with Gasteiger partial charge in [-0.05, 0) is 37.5 Å². The molecule has 1 aliphatic rings. The topological polar surface area (TPSA) is 78.1 Å². The zero-order chi connectivity index (χ0) is 20.2. The lowest BCUT2D eigenvalue weighted by Gasteiger charge is -2.25. The minimum atomic E-state index is -0.398. The van der Waals surface area contributed by atoms with Crippen molar-refractivity contribution in [2.75, 3.05) is 12.3 Å². The van der Waals surface area contributed by atoms with Gasteiger partial charge in [0.2, 0.25) is 11.8 Å². The second kappa shape index (κ2) is 8.69. The number of hydrogen-bond donors (Lipinski definition) is 2. The average Bonchev–Trinajstić information content (AvgIpc) is 3.39. The molecular formula is C22H24N4O2S. The number of H-pyrrole nitrogens is 1. The van der Waals surface area contributed by atoms with E-state index < -0.39 is 6.04 Å². The summed E-state index contributed by atoms with van der Waals surface area (Å²) in [6.45, 7) is 2.59. The SMILES string of the molecule is C[C@@H](NC(=O)[C@@H]1CCCN1C(=O)CSc1nc2ccccc2[nH]1)c1ccccc1. The van der Waals surface area contributed by atoms with Crippen LogP contribution in [-0.4, -0.2) is 45.0 Å². The third-order valence-corrected chi connectivity index (χ3v) is 6.09. The standard InChI is InChI=1S/C22H24N4O2S/c1-15(16-8-3-2-4-9-16)23-21(28)19-12-7-13-26(19)20(27)14-29-22-24-17-10-5-6-11-18(17)25-22/h2-6,8-11,15,19H,7,12-14H2,1H3,(H,23,28)(H,24,25)/t15-,19+/m1/s1. The second-order valence-corrected chi connectivity index (χ2v) is 8.20. The molecule has 1 aliphatic heterocycles. The van der Waals surface area contributed by atoms with Crippen LogP contribution in [0.2, 0.25) is 0 Å². The molecule has 0 bridgehead atoms. The lowest BCUT2D eigenvalue weighted by Crippen LogP contribution is -2.47. The number of amides is 2. The summed E-state index contributed by atoms with van der Waals surface area (Å²) in [5, 5.41) is 3.78. The summed E-state index contributed by atoms with van der Waals surface area (Å²) in [5.74, 6) is 0.152. The molecule has 7 heteroatoms. The molecule has 1 saturated heterocycles. The highest BCUT2D eigenvalue weighted by atomic mass is 32.2. The molecule has 2 atom stereocenters. The first-order valence-electron chi connectivity index (χ1n) is 9.84. The van der Waals surface area contributed by atoms with E-state index in [4.69, 9.17) is 0 Å². The fourth-order valence-corrected chi connectivity index (χ4v) is 4.45. The number of para-hydroxylation sites is 2. The number of likely N-dealkylation sites (tertiary alicyclic amines) is 1. The summed E-state index contributed by atoms with van der Waals surface area (Å²) in [6.07, 6.45) is 1.55. The fourth-order valence-electron chi connectivity index (χ4n) is 3.68. The number of rotatable bonds is 6. The molecular weight excluding hydrogens is 384 g/mol. The number of imidazole rings is 1. The maximum atomic E-state index is 12.8. The normalized spacial score (nSPS) is 17.4. The maximum absolute atomic E-state index is 12.8. The molecule has 29 heavy (non-hydrogen) atoms. The van der Waals surface area contributed by atoms with Crippen molar-refractivity contribution in [3.63, 3.8) is 0 Å². The molecule has 2 N–H and O–H groups in total. The Morgan fingerprint density at radius 2 is 1.97 bits per heavy atom. The van der Waals surface area contributed by atoms with Crippen LogP contribution in [0, 0.1) is 0 Å². The van der Waals surface area contributed by atoms with Gasteiger partial charge >= 0.3 is 0 Å². The van der Waals surface area contributed by atoms with E-state index in [1.165, 1.54) is 11.8 Å². The van der Waals surface area contributed by atoms with Crippen LogP contribution in [0.3, 0.4) is 0 Å². The molecule has 2 heterocycles. The molecule has 6 nitrogen and oxygen atoms in total. The van der Waals surface area contributed by atoms with Gasteiger partial charge in [0.15, 0.2) is 5.16 Å². The van der Waals surface area contributed by atoms with Gasteiger partial charge in [0.05, 0.1) is 22.8 Å². The zero-order valence-electron chi connectivity index (χ0n) is 16.3. The van der Waals surface area contributed by atoms with Gasteiger partial charge in [-0.2, -0.15) is 0 Å². The molecule has 0 spiro atoms. The van der Waals surface area contributed by atoms with Crippen LogP contribution in [0.15, 0.2) is 59.8 Å². The van der Waals surface area contributed by atoms with Crippen LogP contribution in [0.1, 0.15) is 31.4 Å². The predicted molar refractivity (Wildman–Crippen MR) is 115 cm³/mol. The molecule has 3 aromatic rings. The van der Waals surface area contributed by atoms with Gasteiger partial charge in [0, 0.05) is 6.54 Å².